The van der Waals surface area contributed by atoms with Gasteiger partial charge in [-0.1, -0.05) is 41.9 Å². The molecule has 2 amide bonds. The first-order chi connectivity index (χ1) is 10.3. The molecule has 0 saturated heterocycles. The van der Waals surface area contributed by atoms with Crippen LogP contribution in [0.25, 0.3) is 0 Å². The number of halogens is 1. The summed E-state index contributed by atoms with van der Waals surface area (Å²) in [6.45, 7) is 1.34. The Morgan fingerprint density at radius 3 is 2.64 bits per heavy atom. The Morgan fingerprint density at radius 2 is 2.00 bits per heavy atom. The highest BCUT2D eigenvalue weighted by molar-refractivity contribution is 7.89. The SMILES string of the molecule is CS(=O)(=O)Cc1ccccc1CNC(=O)N1CCC=C(Cl)C1. The van der Waals surface area contributed by atoms with Crippen LogP contribution >= 0.6 is 11.6 Å². The molecule has 0 radical (unpaired) electrons. The van der Waals surface area contributed by atoms with Crippen molar-refractivity contribution in [1.29, 1.82) is 0 Å². The van der Waals surface area contributed by atoms with E-state index in [1.807, 2.05) is 18.2 Å². The van der Waals surface area contributed by atoms with Crippen LogP contribution in [0.15, 0.2) is 35.4 Å². The summed E-state index contributed by atoms with van der Waals surface area (Å²) in [4.78, 5) is 13.8. The Balaban J connectivity index is 2.00. The number of amides is 2. The molecule has 1 heterocycles. The van der Waals surface area contributed by atoms with Gasteiger partial charge in [-0.15, -0.1) is 0 Å². The van der Waals surface area contributed by atoms with Gasteiger partial charge in [0.25, 0.3) is 0 Å². The highest BCUT2D eigenvalue weighted by Crippen LogP contribution is 2.14. The third kappa shape index (κ3) is 5.03. The molecule has 0 saturated carbocycles. The van der Waals surface area contributed by atoms with Gasteiger partial charge in [0.15, 0.2) is 9.84 Å². The molecule has 1 aromatic carbocycles. The van der Waals surface area contributed by atoms with Crippen molar-refractivity contribution in [2.75, 3.05) is 19.3 Å². The zero-order valence-electron chi connectivity index (χ0n) is 12.4. The van der Waals surface area contributed by atoms with Gasteiger partial charge in [-0.3, -0.25) is 0 Å². The quantitative estimate of drug-likeness (QED) is 0.912. The summed E-state index contributed by atoms with van der Waals surface area (Å²) in [7, 11) is -3.11. The Morgan fingerprint density at radius 1 is 1.32 bits per heavy atom. The normalized spacial score (nSPS) is 15.4. The van der Waals surface area contributed by atoms with E-state index in [-0.39, 0.29) is 11.8 Å². The average Bonchev–Trinajstić information content (AvgIpc) is 2.44. The Bertz CT molecular complexity index is 686. The van der Waals surface area contributed by atoms with E-state index in [2.05, 4.69) is 5.32 Å². The van der Waals surface area contributed by atoms with Crippen molar-refractivity contribution in [3.63, 3.8) is 0 Å². The van der Waals surface area contributed by atoms with Crippen LogP contribution in [-0.4, -0.2) is 38.7 Å². The molecule has 5 nitrogen and oxygen atoms in total. The van der Waals surface area contributed by atoms with Crippen LogP contribution < -0.4 is 5.32 Å². The molecule has 0 fully saturated rings. The topological polar surface area (TPSA) is 66.5 Å². The first kappa shape index (κ1) is 16.8. The fourth-order valence-electron chi connectivity index (χ4n) is 2.31. The lowest BCUT2D eigenvalue weighted by molar-refractivity contribution is 0.201. The van der Waals surface area contributed by atoms with Gasteiger partial charge in [0, 0.05) is 24.4 Å². The van der Waals surface area contributed by atoms with E-state index in [0.29, 0.717) is 30.2 Å². The molecule has 0 aromatic heterocycles. The van der Waals surface area contributed by atoms with Crippen molar-refractivity contribution < 1.29 is 13.2 Å². The van der Waals surface area contributed by atoms with E-state index in [1.165, 1.54) is 6.26 Å². The highest BCUT2D eigenvalue weighted by atomic mass is 35.5. The van der Waals surface area contributed by atoms with Gasteiger partial charge in [0.2, 0.25) is 0 Å². The maximum absolute atomic E-state index is 12.1. The molecule has 1 aliphatic heterocycles. The lowest BCUT2D eigenvalue weighted by atomic mass is 10.1. The minimum Gasteiger partial charge on any atom is -0.334 e. The molecule has 7 heteroatoms. The van der Waals surface area contributed by atoms with Crippen molar-refractivity contribution in [2.24, 2.45) is 0 Å². The van der Waals surface area contributed by atoms with Gasteiger partial charge in [-0.2, -0.15) is 0 Å². The largest absolute Gasteiger partial charge is 0.334 e. The minimum atomic E-state index is -3.11. The molecule has 0 spiro atoms. The summed E-state index contributed by atoms with van der Waals surface area (Å²) in [6.07, 6.45) is 3.86. The monoisotopic (exact) mass is 342 g/mol. The summed E-state index contributed by atoms with van der Waals surface area (Å²) >= 11 is 5.94. The van der Waals surface area contributed by atoms with Crippen molar-refractivity contribution in [2.45, 2.75) is 18.7 Å². The second-order valence-corrected chi connectivity index (χ2v) is 7.98. The Kier molecular flexibility index (Phi) is 5.47. The number of benzene rings is 1. The summed E-state index contributed by atoms with van der Waals surface area (Å²) in [5.74, 6) is -0.0304. The zero-order chi connectivity index (χ0) is 16.2. The molecule has 0 aliphatic carbocycles. The van der Waals surface area contributed by atoms with E-state index in [9.17, 15) is 13.2 Å². The van der Waals surface area contributed by atoms with Crippen LogP contribution in [0.2, 0.25) is 0 Å². The second kappa shape index (κ2) is 7.15. The molecule has 2 rings (SSSR count). The molecule has 0 atom stereocenters. The predicted molar refractivity (Wildman–Crippen MR) is 87.4 cm³/mol. The summed E-state index contributed by atoms with van der Waals surface area (Å²) in [5.41, 5.74) is 1.52. The smallest absolute Gasteiger partial charge is 0.318 e. The van der Waals surface area contributed by atoms with Crippen LogP contribution in [0.4, 0.5) is 4.79 Å². The van der Waals surface area contributed by atoms with Crippen LogP contribution in [0.5, 0.6) is 0 Å². The molecular formula is C15H19ClN2O3S. The van der Waals surface area contributed by atoms with E-state index < -0.39 is 9.84 Å². The van der Waals surface area contributed by atoms with Crippen LogP contribution in [-0.2, 0) is 22.1 Å². The van der Waals surface area contributed by atoms with E-state index >= 15 is 0 Å². The number of nitrogens with zero attached hydrogens (tertiary/aromatic N) is 1. The highest BCUT2D eigenvalue weighted by Gasteiger charge is 2.17. The second-order valence-electron chi connectivity index (χ2n) is 5.36. The minimum absolute atomic E-state index is 0.0304. The summed E-state index contributed by atoms with van der Waals surface area (Å²) < 4.78 is 22.9. The number of rotatable bonds is 4. The standard InChI is InChI=1S/C15H19ClN2O3S/c1-22(20,21)11-13-6-3-2-5-12(13)9-17-15(19)18-8-4-7-14(16)10-18/h2-3,5-7H,4,8-11H2,1H3,(H,17,19). The predicted octanol–water partition coefficient (Wildman–Crippen LogP) is 2.27. The first-order valence-electron chi connectivity index (χ1n) is 6.97. The first-order valence-corrected chi connectivity index (χ1v) is 9.41. The maximum Gasteiger partial charge on any atom is 0.318 e. The third-order valence-electron chi connectivity index (χ3n) is 3.36. The van der Waals surface area contributed by atoms with Crippen molar-refractivity contribution in [3.8, 4) is 0 Å². The number of sulfone groups is 1. The van der Waals surface area contributed by atoms with Crippen molar-refractivity contribution in [3.05, 3.63) is 46.5 Å². The zero-order valence-corrected chi connectivity index (χ0v) is 14.0. The van der Waals surface area contributed by atoms with Gasteiger partial charge >= 0.3 is 6.03 Å². The molecule has 120 valence electrons. The maximum atomic E-state index is 12.1. The molecule has 1 N–H and O–H groups in total. The van der Waals surface area contributed by atoms with E-state index in [0.717, 1.165) is 12.0 Å². The fourth-order valence-corrected chi connectivity index (χ4v) is 3.41. The number of hydrogen-bond donors (Lipinski definition) is 1. The van der Waals surface area contributed by atoms with E-state index in [1.54, 1.807) is 17.0 Å². The molecule has 1 aromatic rings. The number of nitrogens with one attached hydrogen (secondary N) is 1. The number of carbonyl (C=O) groups excluding carboxylic acids is 1. The molecular weight excluding hydrogens is 324 g/mol. The Hall–Kier alpha value is -1.53. The number of hydrogen-bond acceptors (Lipinski definition) is 3. The summed E-state index contributed by atoms with van der Waals surface area (Å²) in [6, 6.07) is 7.02. The summed E-state index contributed by atoms with van der Waals surface area (Å²) in [5, 5.41) is 3.49. The van der Waals surface area contributed by atoms with Crippen LogP contribution in [0.1, 0.15) is 17.5 Å². The van der Waals surface area contributed by atoms with Crippen LogP contribution in [0.3, 0.4) is 0 Å². The van der Waals surface area contributed by atoms with Gasteiger partial charge in [-0.05, 0) is 17.5 Å². The molecule has 22 heavy (non-hydrogen) atoms. The number of carbonyl (C=O) groups is 1. The number of urea groups is 1. The molecule has 0 unspecified atom stereocenters. The van der Waals surface area contributed by atoms with Crippen molar-refractivity contribution in [1.82, 2.24) is 10.2 Å². The van der Waals surface area contributed by atoms with E-state index in [4.69, 9.17) is 11.6 Å². The fraction of sp³-hybridized carbons (Fsp3) is 0.400. The van der Waals surface area contributed by atoms with Crippen LogP contribution in [0, 0.1) is 0 Å². The lowest BCUT2D eigenvalue weighted by Gasteiger charge is -2.25. The molecule has 1 aliphatic rings. The van der Waals surface area contributed by atoms with Gasteiger partial charge < -0.3 is 10.2 Å². The Labute approximate surface area is 135 Å². The van der Waals surface area contributed by atoms with Gasteiger partial charge in [0.1, 0.15) is 0 Å². The van der Waals surface area contributed by atoms with Gasteiger partial charge in [-0.25, -0.2) is 13.2 Å². The van der Waals surface area contributed by atoms with Gasteiger partial charge in [0.05, 0.1) is 12.3 Å². The average molecular weight is 343 g/mol. The molecule has 0 bridgehead atoms. The third-order valence-corrected chi connectivity index (χ3v) is 4.47. The van der Waals surface area contributed by atoms with Crippen molar-refractivity contribution >= 4 is 27.5 Å². The lowest BCUT2D eigenvalue weighted by Crippen LogP contribution is -2.42.